The summed E-state index contributed by atoms with van der Waals surface area (Å²) in [5.41, 5.74) is 2.63. The van der Waals surface area contributed by atoms with Gasteiger partial charge in [0.2, 0.25) is 0 Å². The summed E-state index contributed by atoms with van der Waals surface area (Å²) < 4.78 is 5.38. The number of carbonyl (C=O) groups is 2. The number of anilines is 1. The van der Waals surface area contributed by atoms with Crippen LogP contribution < -0.4 is 10.6 Å². The Morgan fingerprint density at radius 3 is 2.88 bits per heavy atom. The Balaban J connectivity index is 1.50. The van der Waals surface area contributed by atoms with E-state index in [9.17, 15) is 9.59 Å². The van der Waals surface area contributed by atoms with Crippen molar-refractivity contribution in [1.29, 1.82) is 0 Å². The molecule has 0 radical (unpaired) electrons. The van der Waals surface area contributed by atoms with Crippen LogP contribution in [0.15, 0.2) is 35.9 Å². The van der Waals surface area contributed by atoms with E-state index < -0.39 is 0 Å². The summed E-state index contributed by atoms with van der Waals surface area (Å²) in [7, 11) is 0. The largest absolute Gasteiger partial charge is 0.368 e. The summed E-state index contributed by atoms with van der Waals surface area (Å²) in [4.78, 5) is 24.4. The minimum absolute atomic E-state index is 0.107. The zero-order valence-corrected chi connectivity index (χ0v) is 14.6. The van der Waals surface area contributed by atoms with Gasteiger partial charge in [0.05, 0.1) is 0 Å². The second-order valence-corrected chi connectivity index (χ2v) is 6.69. The highest BCUT2D eigenvalue weighted by molar-refractivity contribution is 5.98. The summed E-state index contributed by atoms with van der Waals surface area (Å²) >= 11 is 0. The normalized spacial score (nSPS) is 20.0. The molecule has 1 aliphatic carbocycles. The predicted molar refractivity (Wildman–Crippen MR) is 97.5 cm³/mol. The maximum atomic E-state index is 12.3. The van der Waals surface area contributed by atoms with E-state index in [1.165, 1.54) is 18.4 Å². The smallest absolute Gasteiger partial charge is 0.253 e. The van der Waals surface area contributed by atoms with Crippen molar-refractivity contribution < 1.29 is 14.3 Å². The molecule has 1 aromatic rings. The van der Waals surface area contributed by atoms with E-state index in [2.05, 4.69) is 16.7 Å². The number of hydrogen-bond acceptors (Lipinski definition) is 3. The monoisotopic (exact) mass is 342 g/mol. The van der Waals surface area contributed by atoms with Gasteiger partial charge in [-0.3, -0.25) is 9.59 Å². The number of benzene rings is 1. The Bertz CT molecular complexity index is 648. The topological polar surface area (TPSA) is 67.4 Å². The average molecular weight is 342 g/mol. The molecular formula is C20H26N2O3. The van der Waals surface area contributed by atoms with Gasteiger partial charge in [0.15, 0.2) is 0 Å². The Morgan fingerprint density at radius 2 is 2.12 bits per heavy atom. The van der Waals surface area contributed by atoms with Crippen molar-refractivity contribution in [2.75, 3.05) is 18.5 Å². The van der Waals surface area contributed by atoms with Crippen molar-refractivity contribution in [3.05, 3.63) is 41.5 Å². The van der Waals surface area contributed by atoms with Gasteiger partial charge in [-0.1, -0.05) is 17.7 Å². The van der Waals surface area contributed by atoms with Gasteiger partial charge in [0.25, 0.3) is 11.8 Å². The van der Waals surface area contributed by atoms with Crippen LogP contribution in [-0.2, 0) is 9.53 Å². The van der Waals surface area contributed by atoms with Gasteiger partial charge in [-0.15, -0.1) is 0 Å². The van der Waals surface area contributed by atoms with E-state index in [0.29, 0.717) is 24.4 Å². The molecule has 0 spiro atoms. The first-order valence-electron chi connectivity index (χ1n) is 9.21. The van der Waals surface area contributed by atoms with Crippen molar-refractivity contribution in [3.8, 4) is 0 Å². The second kappa shape index (κ2) is 8.81. The van der Waals surface area contributed by atoms with Crippen LogP contribution in [0.5, 0.6) is 0 Å². The van der Waals surface area contributed by atoms with Crippen LogP contribution in [0.4, 0.5) is 5.69 Å². The van der Waals surface area contributed by atoms with Gasteiger partial charge in [-0.05, 0) is 63.1 Å². The molecule has 1 fully saturated rings. The second-order valence-electron chi connectivity index (χ2n) is 6.69. The lowest BCUT2D eigenvalue weighted by molar-refractivity contribution is -0.124. The maximum Gasteiger partial charge on any atom is 0.253 e. The van der Waals surface area contributed by atoms with Crippen LogP contribution in [0.25, 0.3) is 0 Å². The zero-order valence-electron chi connectivity index (χ0n) is 14.6. The molecule has 134 valence electrons. The Hall–Kier alpha value is -2.14. The van der Waals surface area contributed by atoms with Crippen LogP contribution in [0, 0.1) is 0 Å². The van der Waals surface area contributed by atoms with E-state index in [1.807, 2.05) is 0 Å². The molecule has 1 atom stereocenters. The molecule has 1 heterocycles. The Kier molecular flexibility index (Phi) is 6.23. The quantitative estimate of drug-likeness (QED) is 0.778. The number of amides is 2. The van der Waals surface area contributed by atoms with Gasteiger partial charge < -0.3 is 15.4 Å². The molecule has 2 N–H and O–H groups in total. The molecule has 5 heteroatoms. The lowest BCUT2D eigenvalue weighted by Gasteiger charge is -2.13. The van der Waals surface area contributed by atoms with Gasteiger partial charge in [-0.25, -0.2) is 0 Å². The Morgan fingerprint density at radius 1 is 1.20 bits per heavy atom. The zero-order chi connectivity index (χ0) is 17.5. The van der Waals surface area contributed by atoms with E-state index in [1.54, 1.807) is 24.3 Å². The number of ether oxygens (including phenoxy) is 1. The van der Waals surface area contributed by atoms with E-state index in [4.69, 9.17) is 4.74 Å². The van der Waals surface area contributed by atoms with Crippen LogP contribution in [0.1, 0.15) is 55.3 Å². The minimum Gasteiger partial charge on any atom is -0.368 e. The number of nitrogens with one attached hydrogen (secondary N) is 2. The molecule has 25 heavy (non-hydrogen) atoms. The van der Waals surface area contributed by atoms with Gasteiger partial charge in [0.1, 0.15) is 6.10 Å². The van der Waals surface area contributed by atoms with Crippen molar-refractivity contribution in [2.24, 2.45) is 0 Å². The highest BCUT2D eigenvalue weighted by atomic mass is 16.5. The molecule has 2 aliphatic rings. The molecule has 1 saturated heterocycles. The standard InChI is InChI=1S/C20H26N2O3/c23-19(21-12-11-15-6-2-1-3-7-15)16-8-4-9-17(14-16)22-20(24)18-10-5-13-25-18/h4,6,8-9,14,18H,1-3,5,7,10-13H2,(H,21,23)(H,22,24). The molecule has 0 bridgehead atoms. The molecule has 3 rings (SSSR count). The third kappa shape index (κ3) is 5.16. The van der Waals surface area contributed by atoms with Gasteiger partial charge in [-0.2, -0.15) is 0 Å². The van der Waals surface area contributed by atoms with Crippen LogP contribution in [0.3, 0.4) is 0 Å². The van der Waals surface area contributed by atoms with Crippen molar-refractivity contribution in [2.45, 2.75) is 51.0 Å². The molecule has 1 unspecified atom stereocenters. The van der Waals surface area contributed by atoms with Crippen molar-refractivity contribution >= 4 is 17.5 Å². The van der Waals surface area contributed by atoms with Crippen molar-refractivity contribution in [3.63, 3.8) is 0 Å². The first-order chi connectivity index (χ1) is 12.2. The lowest BCUT2D eigenvalue weighted by Crippen LogP contribution is -2.27. The lowest BCUT2D eigenvalue weighted by atomic mass is 9.97. The first kappa shape index (κ1) is 17.7. The van der Waals surface area contributed by atoms with Crippen LogP contribution in [-0.4, -0.2) is 31.1 Å². The van der Waals surface area contributed by atoms with Crippen LogP contribution >= 0.6 is 0 Å². The summed E-state index contributed by atoms with van der Waals surface area (Å²) in [5, 5.41) is 5.80. The molecule has 5 nitrogen and oxygen atoms in total. The highest BCUT2D eigenvalue weighted by Crippen LogP contribution is 2.20. The summed E-state index contributed by atoms with van der Waals surface area (Å²) in [6.07, 6.45) is 9.36. The third-order valence-electron chi connectivity index (χ3n) is 4.73. The molecule has 0 saturated carbocycles. The summed E-state index contributed by atoms with van der Waals surface area (Å²) in [6.45, 7) is 1.29. The first-order valence-corrected chi connectivity index (χ1v) is 9.21. The fourth-order valence-electron chi connectivity index (χ4n) is 3.32. The summed E-state index contributed by atoms with van der Waals surface area (Å²) in [6, 6.07) is 7.04. The SMILES string of the molecule is O=C(NCCC1=CCCCC1)c1cccc(NC(=O)C2CCCO2)c1. The van der Waals surface area contributed by atoms with E-state index in [-0.39, 0.29) is 17.9 Å². The van der Waals surface area contributed by atoms with Gasteiger partial charge >= 0.3 is 0 Å². The molecule has 2 amide bonds. The number of carbonyl (C=O) groups excluding carboxylic acids is 2. The molecule has 0 aromatic heterocycles. The highest BCUT2D eigenvalue weighted by Gasteiger charge is 2.23. The van der Waals surface area contributed by atoms with Crippen molar-refractivity contribution in [1.82, 2.24) is 5.32 Å². The third-order valence-corrected chi connectivity index (χ3v) is 4.73. The number of allylic oxidation sites excluding steroid dienone is 1. The predicted octanol–water partition coefficient (Wildman–Crippen LogP) is 3.42. The molecule has 1 aliphatic heterocycles. The fourth-order valence-corrected chi connectivity index (χ4v) is 3.32. The molecule has 1 aromatic carbocycles. The van der Waals surface area contributed by atoms with Crippen LogP contribution in [0.2, 0.25) is 0 Å². The Labute approximate surface area is 148 Å². The summed E-state index contributed by atoms with van der Waals surface area (Å²) in [5.74, 6) is -0.246. The average Bonchev–Trinajstić information content (AvgIpc) is 3.18. The minimum atomic E-state index is -0.374. The van der Waals surface area contributed by atoms with Gasteiger partial charge in [0, 0.05) is 24.4 Å². The maximum absolute atomic E-state index is 12.3. The van der Waals surface area contributed by atoms with E-state index >= 15 is 0 Å². The fraction of sp³-hybridized carbons (Fsp3) is 0.500. The number of hydrogen-bond donors (Lipinski definition) is 2. The molecular weight excluding hydrogens is 316 g/mol. The van der Waals surface area contributed by atoms with E-state index in [0.717, 1.165) is 32.1 Å². The number of rotatable bonds is 6.